The highest BCUT2D eigenvalue weighted by atomic mass is 14.3. The van der Waals surface area contributed by atoms with Gasteiger partial charge in [-0.1, -0.05) is 45.4 Å². The fourth-order valence-corrected chi connectivity index (χ4v) is 1.30. The molecule has 0 radical (unpaired) electrons. The minimum absolute atomic E-state index is 0.260. The van der Waals surface area contributed by atoms with E-state index in [0.717, 1.165) is 6.42 Å². The largest absolute Gasteiger partial charge is 0.198 e. The first-order valence-electron chi connectivity index (χ1n) is 5.20. The van der Waals surface area contributed by atoms with E-state index in [0.29, 0.717) is 0 Å². The van der Waals surface area contributed by atoms with E-state index in [1.165, 1.54) is 38.5 Å². The first-order valence-corrected chi connectivity index (χ1v) is 5.20. The molecule has 0 rings (SSSR count). The van der Waals surface area contributed by atoms with Gasteiger partial charge in [-0.25, -0.2) is 0 Å². The number of unbranched alkanes of at least 4 members (excludes halogenated alkanes) is 5. The second kappa shape index (κ2) is 8.59. The van der Waals surface area contributed by atoms with Crippen molar-refractivity contribution in [2.45, 2.75) is 58.8 Å². The quantitative estimate of drug-likeness (QED) is 0.527. The summed E-state index contributed by atoms with van der Waals surface area (Å²) >= 11 is 0. The second-order valence-electron chi connectivity index (χ2n) is 3.59. The third-order valence-electron chi connectivity index (χ3n) is 2.21. The molecule has 1 nitrogen and oxygen atoms in total. The summed E-state index contributed by atoms with van der Waals surface area (Å²) < 4.78 is 0. The maximum atomic E-state index is 8.53. The summed E-state index contributed by atoms with van der Waals surface area (Å²) in [6.45, 7) is 4.24. The summed E-state index contributed by atoms with van der Waals surface area (Å²) in [6.07, 6.45) is 9.04. The van der Waals surface area contributed by atoms with Crippen molar-refractivity contribution >= 4 is 0 Å². The number of hydrogen-bond donors (Lipinski definition) is 0. The Kier molecular flexibility index (Phi) is 8.22. The van der Waals surface area contributed by atoms with E-state index >= 15 is 0 Å². The van der Waals surface area contributed by atoms with Crippen molar-refractivity contribution in [3.63, 3.8) is 0 Å². The van der Waals surface area contributed by atoms with Crippen molar-refractivity contribution in [3.8, 4) is 6.07 Å². The average Bonchev–Trinajstić information content (AvgIpc) is 2.10. The van der Waals surface area contributed by atoms with E-state index in [-0.39, 0.29) is 5.92 Å². The Morgan fingerprint density at radius 1 is 1.08 bits per heavy atom. The lowest BCUT2D eigenvalue weighted by Gasteiger charge is -2.01. The van der Waals surface area contributed by atoms with Gasteiger partial charge in [0.25, 0.3) is 0 Å². The zero-order valence-electron chi connectivity index (χ0n) is 8.47. The van der Waals surface area contributed by atoms with Gasteiger partial charge >= 0.3 is 0 Å². The fraction of sp³-hybridized carbons (Fsp3) is 0.909. The molecule has 0 aliphatic carbocycles. The molecule has 1 atom stereocenters. The van der Waals surface area contributed by atoms with Crippen molar-refractivity contribution in [2.24, 2.45) is 5.92 Å². The van der Waals surface area contributed by atoms with Crippen LogP contribution < -0.4 is 0 Å². The van der Waals surface area contributed by atoms with Gasteiger partial charge in [0.1, 0.15) is 0 Å². The van der Waals surface area contributed by atoms with Crippen molar-refractivity contribution in [2.75, 3.05) is 0 Å². The summed E-state index contributed by atoms with van der Waals surface area (Å²) in [5, 5.41) is 8.53. The first-order chi connectivity index (χ1) is 5.81. The highest BCUT2D eigenvalue weighted by molar-refractivity contribution is 4.77. The van der Waals surface area contributed by atoms with Crippen molar-refractivity contribution in [3.05, 3.63) is 0 Å². The maximum absolute atomic E-state index is 8.53. The summed E-state index contributed by atoms with van der Waals surface area (Å²) in [5.41, 5.74) is 0. The Balaban J connectivity index is 2.96. The molecule has 0 N–H and O–H groups in total. The molecular formula is C11H21N. The van der Waals surface area contributed by atoms with Crippen LogP contribution in [0.3, 0.4) is 0 Å². The van der Waals surface area contributed by atoms with E-state index in [2.05, 4.69) is 13.0 Å². The molecule has 0 fully saturated rings. The van der Waals surface area contributed by atoms with Gasteiger partial charge in [0.05, 0.1) is 6.07 Å². The Morgan fingerprint density at radius 2 is 1.67 bits per heavy atom. The number of nitriles is 1. The summed E-state index contributed by atoms with van der Waals surface area (Å²) in [5.74, 6) is 0.260. The molecule has 0 aliphatic rings. The van der Waals surface area contributed by atoms with Gasteiger partial charge in [-0.3, -0.25) is 0 Å². The van der Waals surface area contributed by atoms with Gasteiger partial charge in [-0.15, -0.1) is 0 Å². The van der Waals surface area contributed by atoms with Crippen LogP contribution in [-0.4, -0.2) is 0 Å². The number of hydrogen-bond acceptors (Lipinski definition) is 1. The van der Waals surface area contributed by atoms with Crippen LogP contribution in [0.1, 0.15) is 58.8 Å². The number of rotatable bonds is 7. The van der Waals surface area contributed by atoms with Crippen molar-refractivity contribution < 1.29 is 0 Å². The molecule has 0 saturated heterocycles. The normalized spacial score (nSPS) is 12.4. The van der Waals surface area contributed by atoms with E-state index in [4.69, 9.17) is 5.26 Å². The maximum Gasteiger partial charge on any atom is 0.0652 e. The molecule has 0 bridgehead atoms. The van der Waals surface area contributed by atoms with Crippen LogP contribution in [0.2, 0.25) is 0 Å². The Bertz CT molecular complexity index is 123. The third-order valence-corrected chi connectivity index (χ3v) is 2.21. The van der Waals surface area contributed by atoms with Crippen LogP contribution in [0.25, 0.3) is 0 Å². The van der Waals surface area contributed by atoms with Crippen molar-refractivity contribution in [1.29, 1.82) is 5.26 Å². The molecule has 0 aromatic carbocycles. The molecule has 0 spiro atoms. The van der Waals surface area contributed by atoms with Crippen molar-refractivity contribution in [1.82, 2.24) is 0 Å². The van der Waals surface area contributed by atoms with Gasteiger partial charge in [0.15, 0.2) is 0 Å². The highest BCUT2D eigenvalue weighted by Crippen LogP contribution is 2.10. The molecule has 0 heterocycles. The van der Waals surface area contributed by atoms with E-state index in [1.54, 1.807) is 0 Å². The van der Waals surface area contributed by atoms with Crippen LogP contribution in [0, 0.1) is 17.2 Å². The SMILES string of the molecule is CCCCCCCC[C@H](C)C#N. The molecule has 0 saturated carbocycles. The Hall–Kier alpha value is -0.510. The zero-order chi connectivity index (χ0) is 9.23. The minimum atomic E-state index is 0.260. The van der Waals surface area contributed by atoms with E-state index < -0.39 is 0 Å². The predicted molar refractivity (Wildman–Crippen MR) is 52.8 cm³/mol. The average molecular weight is 167 g/mol. The highest BCUT2D eigenvalue weighted by Gasteiger charge is 1.97. The van der Waals surface area contributed by atoms with Crippen LogP contribution in [0.5, 0.6) is 0 Å². The molecular weight excluding hydrogens is 146 g/mol. The summed E-state index contributed by atoms with van der Waals surface area (Å²) in [4.78, 5) is 0. The molecule has 0 amide bonds. The Morgan fingerprint density at radius 3 is 2.25 bits per heavy atom. The van der Waals surface area contributed by atoms with Crippen LogP contribution >= 0.6 is 0 Å². The van der Waals surface area contributed by atoms with Gasteiger partial charge in [-0.2, -0.15) is 5.26 Å². The molecule has 70 valence electrons. The summed E-state index contributed by atoms with van der Waals surface area (Å²) in [6, 6.07) is 2.27. The standard InChI is InChI=1S/C11H21N/c1-3-4-5-6-7-8-9-11(2)10-12/h11H,3-9H2,1-2H3/t11-/m0/s1. The second-order valence-corrected chi connectivity index (χ2v) is 3.59. The topological polar surface area (TPSA) is 23.8 Å². The fourth-order valence-electron chi connectivity index (χ4n) is 1.30. The molecule has 0 unspecified atom stereocenters. The lowest BCUT2D eigenvalue weighted by molar-refractivity contribution is 0.548. The van der Waals surface area contributed by atoms with Gasteiger partial charge in [0.2, 0.25) is 0 Å². The monoisotopic (exact) mass is 167 g/mol. The lowest BCUT2D eigenvalue weighted by Crippen LogP contribution is -1.89. The van der Waals surface area contributed by atoms with Crippen LogP contribution in [0.15, 0.2) is 0 Å². The third kappa shape index (κ3) is 7.60. The van der Waals surface area contributed by atoms with Gasteiger partial charge in [-0.05, 0) is 13.3 Å². The van der Waals surface area contributed by atoms with Gasteiger partial charge < -0.3 is 0 Å². The predicted octanol–water partition coefficient (Wildman–Crippen LogP) is 3.90. The lowest BCUT2D eigenvalue weighted by atomic mass is 10.0. The molecule has 1 heteroatoms. The van der Waals surface area contributed by atoms with Crippen LogP contribution in [0.4, 0.5) is 0 Å². The smallest absolute Gasteiger partial charge is 0.0652 e. The molecule has 0 aromatic rings. The van der Waals surface area contributed by atoms with E-state index in [9.17, 15) is 0 Å². The van der Waals surface area contributed by atoms with Gasteiger partial charge in [0, 0.05) is 5.92 Å². The first kappa shape index (κ1) is 11.5. The Labute approximate surface area is 76.8 Å². The summed E-state index contributed by atoms with van der Waals surface area (Å²) in [7, 11) is 0. The minimum Gasteiger partial charge on any atom is -0.198 e. The number of nitrogens with zero attached hydrogens (tertiary/aromatic N) is 1. The molecule has 0 aliphatic heterocycles. The molecule has 12 heavy (non-hydrogen) atoms. The molecule has 0 aromatic heterocycles. The zero-order valence-corrected chi connectivity index (χ0v) is 8.47. The van der Waals surface area contributed by atoms with Crippen LogP contribution in [-0.2, 0) is 0 Å². The van der Waals surface area contributed by atoms with E-state index in [1.807, 2.05) is 6.92 Å².